The number of halogens is 1. The van der Waals surface area contributed by atoms with Crippen molar-refractivity contribution >= 4 is 16.1 Å². The molecule has 4 nitrogen and oxygen atoms in total. The molecule has 0 aromatic rings. The maximum atomic E-state index is 12.4. The maximum absolute atomic E-state index is 12.4. The summed E-state index contributed by atoms with van der Waals surface area (Å²) in [5, 5.41) is 2.51. The van der Waals surface area contributed by atoms with Crippen LogP contribution in [0.1, 0.15) is 13.8 Å². The van der Waals surface area contributed by atoms with Gasteiger partial charge >= 0.3 is 10.2 Å². The Hall–Kier alpha value is -0.650. The van der Waals surface area contributed by atoms with Crippen LogP contribution in [0.25, 0.3) is 0 Å². The van der Waals surface area contributed by atoms with Crippen molar-refractivity contribution in [3.63, 3.8) is 0 Å². The highest BCUT2D eigenvalue weighted by molar-refractivity contribution is 7.86. The van der Waals surface area contributed by atoms with Gasteiger partial charge in [-0.1, -0.05) is 6.92 Å². The number of hydrogen-bond acceptors (Lipinski definition) is 3. The third-order valence-corrected chi connectivity index (χ3v) is 3.59. The van der Waals surface area contributed by atoms with Crippen LogP contribution in [0, 0.1) is 11.3 Å². The van der Waals surface area contributed by atoms with Crippen LogP contribution in [0.15, 0.2) is 0 Å². The van der Waals surface area contributed by atoms with Crippen LogP contribution in [-0.2, 0) is 15.0 Å². The Kier molecular flexibility index (Phi) is 2.36. The van der Waals surface area contributed by atoms with Gasteiger partial charge in [-0.25, -0.2) is 0 Å². The molecule has 1 aliphatic rings. The Morgan fingerprint density at radius 2 is 2.23 bits per heavy atom. The smallest absolute Gasteiger partial charge is 0.303 e. The summed E-state index contributed by atoms with van der Waals surface area (Å²) in [4.78, 5) is 11.2. The molecule has 0 saturated carbocycles. The molecule has 1 aliphatic heterocycles. The summed E-state index contributed by atoms with van der Waals surface area (Å²) in [6.07, 6.45) is 0. The predicted octanol–water partition coefficient (Wildman–Crippen LogP) is 0.0579. The average Bonchev–Trinajstić information content (AvgIpc) is 2.14. The molecule has 13 heavy (non-hydrogen) atoms. The highest BCUT2D eigenvalue weighted by Gasteiger charge is 2.47. The molecule has 0 radical (unpaired) electrons. The van der Waals surface area contributed by atoms with Crippen LogP contribution in [0.5, 0.6) is 0 Å². The predicted molar refractivity (Wildman–Crippen MR) is 45.2 cm³/mol. The second kappa shape index (κ2) is 2.94. The van der Waals surface area contributed by atoms with E-state index in [4.69, 9.17) is 0 Å². The monoisotopic (exact) mass is 209 g/mol. The summed E-state index contributed by atoms with van der Waals surface area (Å²) in [5.41, 5.74) is -1.12. The first kappa shape index (κ1) is 10.4. The zero-order valence-corrected chi connectivity index (χ0v) is 8.32. The third-order valence-electron chi connectivity index (χ3n) is 2.65. The van der Waals surface area contributed by atoms with Gasteiger partial charge in [0.15, 0.2) is 0 Å². The van der Waals surface area contributed by atoms with E-state index >= 15 is 0 Å². The van der Waals surface area contributed by atoms with Gasteiger partial charge in [0.25, 0.3) is 0 Å². The zero-order chi connectivity index (χ0) is 10.3. The highest BCUT2D eigenvalue weighted by atomic mass is 32.3. The van der Waals surface area contributed by atoms with Crippen molar-refractivity contribution in [2.45, 2.75) is 13.8 Å². The molecule has 2 atom stereocenters. The largest absolute Gasteiger partial charge is 0.355 e. The second-order valence-corrected chi connectivity index (χ2v) is 5.08. The van der Waals surface area contributed by atoms with Gasteiger partial charge in [-0.2, -0.15) is 8.42 Å². The number of hydrogen-bond donors (Lipinski definition) is 1. The van der Waals surface area contributed by atoms with Crippen molar-refractivity contribution in [3.8, 4) is 0 Å². The lowest BCUT2D eigenvalue weighted by molar-refractivity contribution is -0.126. The van der Waals surface area contributed by atoms with E-state index in [1.807, 2.05) is 0 Å². The first-order valence-electron chi connectivity index (χ1n) is 3.96. The van der Waals surface area contributed by atoms with E-state index in [1.165, 1.54) is 6.92 Å². The molecule has 0 aliphatic carbocycles. The van der Waals surface area contributed by atoms with E-state index in [2.05, 4.69) is 5.32 Å². The van der Waals surface area contributed by atoms with E-state index in [9.17, 15) is 17.1 Å². The van der Waals surface area contributed by atoms with Gasteiger partial charge in [-0.05, 0) is 12.8 Å². The average molecular weight is 209 g/mol. The van der Waals surface area contributed by atoms with Crippen molar-refractivity contribution in [2.75, 3.05) is 12.3 Å². The molecule has 0 aromatic carbocycles. The summed E-state index contributed by atoms with van der Waals surface area (Å²) in [5.74, 6) is -1.28. The molecular formula is C7H12FNO3S. The summed E-state index contributed by atoms with van der Waals surface area (Å²) in [7, 11) is -4.59. The molecule has 1 amide bonds. The number of carbonyl (C=O) groups excluding carboxylic acids is 1. The van der Waals surface area contributed by atoms with E-state index in [0.717, 1.165) is 0 Å². The number of carbonyl (C=O) groups is 1. The molecule has 1 saturated heterocycles. The van der Waals surface area contributed by atoms with Gasteiger partial charge in [0.2, 0.25) is 5.91 Å². The van der Waals surface area contributed by atoms with E-state index < -0.39 is 21.4 Å². The second-order valence-electron chi connectivity index (χ2n) is 3.71. The first-order valence-corrected chi connectivity index (χ1v) is 5.51. The third kappa shape index (κ3) is 1.99. The molecule has 2 unspecified atom stereocenters. The molecule has 1 fully saturated rings. The summed E-state index contributed by atoms with van der Waals surface area (Å²) >= 11 is 0. The quantitative estimate of drug-likeness (QED) is 0.654. The molecular weight excluding hydrogens is 197 g/mol. The van der Waals surface area contributed by atoms with Crippen LogP contribution in [0.3, 0.4) is 0 Å². The van der Waals surface area contributed by atoms with Crippen LogP contribution >= 0.6 is 0 Å². The molecule has 1 heterocycles. The fraction of sp³-hybridized carbons (Fsp3) is 0.857. The van der Waals surface area contributed by atoms with Gasteiger partial charge in [-0.3, -0.25) is 4.79 Å². The van der Waals surface area contributed by atoms with E-state index in [-0.39, 0.29) is 11.8 Å². The minimum atomic E-state index is -4.59. The van der Waals surface area contributed by atoms with Crippen LogP contribution in [0.4, 0.5) is 3.89 Å². The molecule has 0 spiro atoms. The first-order chi connectivity index (χ1) is 5.76. The standard InChI is InChI=1S/C7H12FNO3S/c1-5-3-9-6(10)7(5,2)4-13(8,11)12/h5H,3-4H2,1-2H3,(H,9,10). The number of amides is 1. The molecule has 1 N–H and O–H groups in total. The zero-order valence-electron chi connectivity index (χ0n) is 7.50. The number of rotatable bonds is 2. The fourth-order valence-corrected chi connectivity index (χ4v) is 2.59. The SMILES string of the molecule is CC1CNC(=O)C1(C)CS(=O)(=O)F. The van der Waals surface area contributed by atoms with E-state index in [1.54, 1.807) is 6.92 Å². The van der Waals surface area contributed by atoms with Crippen LogP contribution in [0.2, 0.25) is 0 Å². The summed E-state index contributed by atoms with van der Waals surface area (Å²) in [6, 6.07) is 0. The van der Waals surface area contributed by atoms with Crippen molar-refractivity contribution in [2.24, 2.45) is 11.3 Å². The van der Waals surface area contributed by atoms with Crippen molar-refractivity contribution < 1.29 is 17.1 Å². The van der Waals surface area contributed by atoms with Gasteiger partial charge < -0.3 is 5.32 Å². The van der Waals surface area contributed by atoms with Crippen molar-refractivity contribution in [1.82, 2.24) is 5.32 Å². The summed E-state index contributed by atoms with van der Waals surface area (Å²) < 4.78 is 33.3. The lowest BCUT2D eigenvalue weighted by atomic mass is 9.82. The van der Waals surface area contributed by atoms with Gasteiger partial charge in [0, 0.05) is 6.54 Å². The Labute approximate surface area is 76.7 Å². The molecule has 0 bridgehead atoms. The van der Waals surface area contributed by atoms with Gasteiger partial charge in [-0.15, -0.1) is 3.89 Å². The van der Waals surface area contributed by atoms with E-state index in [0.29, 0.717) is 6.54 Å². The molecule has 6 heteroatoms. The highest BCUT2D eigenvalue weighted by Crippen LogP contribution is 2.33. The fourth-order valence-electron chi connectivity index (χ4n) is 1.46. The minimum Gasteiger partial charge on any atom is -0.355 e. The maximum Gasteiger partial charge on any atom is 0.303 e. The molecule has 76 valence electrons. The normalized spacial score (nSPS) is 34.7. The van der Waals surface area contributed by atoms with Gasteiger partial charge in [0.05, 0.1) is 11.2 Å². The van der Waals surface area contributed by atoms with Crippen LogP contribution < -0.4 is 5.32 Å². The van der Waals surface area contributed by atoms with Crippen LogP contribution in [-0.4, -0.2) is 26.6 Å². The molecule has 1 rings (SSSR count). The lowest BCUT2D eigenvalue weighted by Gasteiger charge is -2.22. The summed E-state index contributed by atoms with van der Waals surface area (Å²) in [6.45, 7) is 3.60. The van der Waals surface area contributed by atoms with Crippen molar-refractivity contribution in [3.05, 3.63) is 0 Å². The van der Waals surface area contributed by atoms with Crippen molar-refractivity contribution in [1.29, 1.82) is 0 Å². The van der Waals surface area contributed by atoms with Gasteiger partial charge in [0.1, 0.15) is 0 Å². The lowest BCUT2D eigenvalue weighted by Crippen LogP contribution is -2.37. The number of nitrogens with one attached hydrogen (secondary N) is 1. The Morgan fingerprint density at radius 1 is 1.69 bits per heavy atom. The topological polar surface area (TPSA) is 63.2 Å². The minimum absolute atomic E-state index is 0.162. The Morgan fingerprint density at radius 3 is 2.54 bits per heavy atom. The Balaban J connectivity index is 2.92. The Bertz CT molecular complexity index is 327. The molecule has 0 aromatic heterocycles.